The number of hydrogen-bond acceptors (Lipinski definition) is 4. The van der Waals surface area contributed by atoms with Crippen molar-refractivity contribution in [1.82, 2.24) is 5.32 Å². The van der Waals surface area contributed by atoms with Crippen LogP contribution in [0.25, 0.3) is 0 Å². The molecule has 0 atom stereocenters. The first-order valence-electron chi connectivity index (χ1n) is 7.18. The van der Waals surface area contributed by atoms with Gasteiger partial charge in [0.2, 0.25) is 5.91 Å². The van der Waals surface area contributed by atoms with E-state index < -0.39 is 11.8 Å². The van der Waals surface area contributed by atoms with Gasteiger partial charge in [-0.3, -0.25) is 14.4 Å². The Bertz CT molecular complexity index is 513. The van der Waals surface area contributed by atoms with Crippen molar-refractivity contribution in [1.29, 1.82) is 0 Å². The van der Waals surface area contributed by atoms with Gasteiger partial charge in [0.25, 0.3) is 0 Å². The van der Waals surface area contributed by atoms with Crippen LogP contribution in [0.5, 0.6) is 0 Å². The number of ketones is 1. The maximum atomic E-state index is 12.7. The Morgan fingerprint density at radius 2 is 1.77 bits per heavy atom. The summed E-state index contributed by atoms with van der Waals surface area (Å²) < 4.78 is 17.6. The van der Waals surface area contributed by atoms with E-state index >= 15 is 0 Å². The monoisotopic (exact) mass is 309 g/mol. The van der Waals surface area contributed by atoms with Gasteiger partial charge in [-0.1, -0.05) is 6.42 Å². The van der Waals surface area contributed by atoms with E-state index in [1.54, 1.807) is 0 Å². The van der Waals surface area contributed by atoms with Gasteiger partial charge in [0.05, 0.1) is 0 Å². The van der Waals surface area contributed by atoms with Gasteiger partial charge in [0, 0.05) is 25.5 Å². The number of rotatable bonds is 9. The zero-order valence-electron chi connectivity index (χ0n) is 12.6. The Balaban J connectivity index is 2.13. The van der Waals surface area contributed by atoms with E-state index in [0.29, 0.717) is 18.5 Å². The first-order valence-corrected chi connectivity index (χ1v) is 7.18. The van der Waals surface area contributed by atoms with E-state index in [1.165, 1.54) is 31.2 Å². The van der Waals surface area contributed by atoms with Crippen molar-refractivity contribution >= 4 is 17.7 Å². The molecule has 0 unspecified atom stereocenters. The topological polar surface area (TPSA) is 72.5 Å². The van der Waals surface area contributed by atoms with Crippen LogP contribution < -0.4 is 5.32 Å². The molecule has 6 heteroatoms. The number of amides is 1. The minimum Gasteiger partial charge on any atom is -0.457 e. The second kappa shape index (κ2) is 9.65. The van der Waals surface area contributed by atoms with Gasteiger partial charge in [0.1, 0.15) is 5.82 Å². The van der Waals surface area contributed by atoms with Gasteiger partial charge in [-0.2, -0.15) is 0 Å². The molecular formula is C16H20FNO4. The molecule has 0 aliphatic heterocycles. The Hall–Kier alpha value is -2.24. The van der Waals surface area contributed by atoms with Crippen molar-refractivity contribution in [2.24, 2.45) is 0 Å². The molecule has 0 aromatic heterocycles. The van der Waals surface area contributed by atoms with Gasteiger partial charge < -0.3 is 10.1 Å². The van der Waals surface area contributed by atoms with Gasteiger partial charge in [0.15, 0.2) is 12.4 Å². The molecule has 120 valence electrons. The van der Waals surface area contributed by atoms with Crippen molar-refractivity contribution in [2.75, 3.05) is 13.2 Å². The molecule has 0 saturated carbocycles. The second-order valence-electron chi connectivity index (χ2n) is 4.88. The zero-order valence-corrected chi connectivity index (χ0v) is 12.6. The second-order valence-corrected chi connectivity index (χ2v) is 4.88. The van der Waals surface area contributed by atoms with Gasteiger partial charge in [-0.25, -0.2) is 4.39 Å². The lowest BCUT2D eigenvalue weighted by molar-refractivity contribution is -0.142. The Labute approximate surface area is 128 Å². The quantitative estimate of drug-likeness (QED) is 0.431. The molecule has 1 amide bonds. The molecular weight excluding hydrogens is 289 g/mol. The highest BCUT2D eigenvalue weighted by Gasteiger charge is 2.09. The first kappa shape index (κ1) is 17.8. The highest BCUT2D eigenvalue weighted by Crippen LogP contribution is 2.05. The molecule has 1 aromatic rings. The molecule has 0 spiro atoms. The number of hydrogen-bond donors (Lipinski definition) is 1. The average Bonchev–Trinajstić information content (AvgIpc) is 2.48. The standard InChI is InChI=1S/C16H20FNO4/c1-12(19)18-10-4-2-3-5-16(21)22-11-15(20)13-6-8-14(17)9-7-13/h6-9H,2-5,10-11H2,1H3,(H,18,19). The summed E-state index contributed by atoms with van der Waals surface area (Å²) in [6.07, 6.45) is 2.46. The summed E-state index contributed by atoms with van der Waals surface area (Å²) >= 11 is 0. The SMILES string of the molecule is CC(=O)NCCCCCC(=O)OCC(=O)c1ccc(F)cc1. The minimum atomic E-state index is -0.435. The number of esters is 1. The van der Waals surface area contributed by atoms with E-state index in [-0.39, 0.29) is 24.7 Å². The van der Waals surface area contributed by atoms with Crippen LogP contribution in [-0.2, 0) is 14.3 Å². The van der Waals surface area contributed by atoms with E-state index in [4.69, 9.17) is 4.74 Å². The number of Topliss-reactive ketones (excluding diaryl/α,β-unsaturated/α-hetero) is 1. The van der Waals surface area contributed by atoms with Crippen LogP contribution in [0.4, 0.5) is 4.39 Å². The molecule has 5 nitrogen and oxygen atoms in total. The fraction of sp³-hybridized carbons (Fsp3) is 0.438. The zero-order chi connectivity index (χ0) is 16.4. The summed E-state index contributed by atoms with van der Waals surface area (Å²) in [5.41, 5.74) is 0.310. The summed E-state index contributed by atoms with van der Waals surface area (Å²) in [6.45, 7) is 1.71. The lowest BCUT2D eigenvalue weighted by Gasteiger charge is -2.05. The number of carbonyl (C=O) groups excluding carboxylic acids is 3. The van der Waals surface area contributed by atoms with Crippen LogP contribution in [0, 0.1) is 5.82 Å². The predicted octanol–water partition coefficient (Wildman–Crippen LogP) is 2.25. The molecule has 0 aliphatic carbocycles. The van der Waals surface area contributed by atoms with E-state index in [9.17, 15) is 18.8 Å². The van der Waals surface area contributed by atoms with Crippen LogP contribution in [0.1, 0.15) is 43.0 Å². The number of nitrogens with one attached hydrogen (secondary N) is 1. The third-order valence-electron chi connectivity index (χ3n) is 2.96. The number of carbonyl (C=O) groups is 3. The number of benzene rings is 1. The fourth-order valence-electron chi connectivity index (χ4n) is 1.77. The summed E-state index contributed by atoms with van der Waals surface area (Å²) in [5, 5.41) is 2.67. The van der Waals surface area contributed by atoms with Crippen LogP contribution in [0.2, 0.25) is 0 Å². The first-order chi connectivity index (χ1) is 10.5. The smallest absolute Gasteiger partial charge is 0.306 e. The minimum absolute atomic E-state index is 0.0706. The number of halogens is 1. The molecule has 0 radical (unpaired) electrons. The van der Waals surface area contributed by atoms with Crippen molar-refractivity contribution < 1.29 is 23.5 Å². The Kier molecular flexibility index (Phi) is 7.81. The molecule has 0 aliphatic rings. The number of ether oxygens (including phenoxy) is 1. The molecule has 22 heavy (non-hydrogen) atoms. The molecule has 1 rings (SSSR count). The maximum absolute atomic E-state index is 12.7. The highest BCUT2D eigenvalue weighted by atomic mass is 19.1. The predicted molar refractivity (Wildman–Crippen MR) is 78.8 cm³/mol. The van der Waals surface area contributed by atoms with Gasteiger partial charge in [-0.15, -0.1) is 0 Å². The van der Waals surface area contributed by atoms with Crippen molar-refractivity contribution in [3.05, 3.63) is 35.6 Å². The third-order valence-corrected chi connectivity index (χ3v) is 2.96. The van der Waals surface area contributed by atoms with Crippen molar-refractivity contribution in [3.63, 3.8) is 0 Å². The Morgan fingerprint density at radius 1 is 1.09 bits per heavy atom. The van der Waals surface area contributed by atoms with Gasteiger partial charge in [-0.05, 0) is 37.1 Å². The summed E-state index contributed by atoms with van der Waals surface area (Å²) in [7, 11) is 0. The lowest BCUT2D eigenvalue weighted by atomic mass is 10.1. The van der Waals surface area contributed by atoms with Crippen LogP contribution in [0.15, 0.2) is 24.3 Å². The molecule has 0 fully saturated rings. The number of unbranched alkanes of at least 4 members (excludes halogenated alkanes) is 2. The molecule has 1 N–H and O–H groups in total. The average molecular weight is 309 g/mol. The van der Waals surface area contributed by atoms with Crippen LogP contribution >= 0.6 is 0 Å². The molecule has 0 saturated heterocycles. The maximum Gasteiger partial charge on any atom is 0.306 e. The van der Waals surface area contributed by atoms with Gasteiger partial charge >= 0.3 is 5.97 Å². The van der Waals surface area contributed by atoms with Crippen molar-refractivity contribution in [2.45, 2.75) is 32.6 Å². The summed E-state index contributed by atoms with van der Waals surface area (Å²) in [6, 6.07) is 5.08. The van der Waals surface area contributed by atoms with Crippen LogP contribution in [-0.4, -0.2) is 30.8 Å². The van der Waals surface area contributed by atoms with Crippen LogP contribution in [0.3, 0.4) is 0 Å². The largest absolute Gasteiger partial charge is 0.457 e. The summed E-state index contributed by atoms with van der Waals surface area (Å²) in [5.74, 6) is -1.29. The molecule has 0 bridgehead atoms. The normalized spacial score (nSPS) is 10.1. The molecule has 0 heterocycles. The highest BCUT2D eigenvalue weighted by molar-refractivity contribution is 5.97. The fourth-order valence-corrected chi connectivity index (χ4v) is 1.77. The lowest BCUT2D eigenvalue weighted by Crippen LogP contribution is -2.20. The molecule has 1 aromatic carbocycles. The van der Waals surface area contributed by atoms with E-state index in [2.05, 4.69) is 5.32 Å². The third kappa shape index (κ3) is 7.52. The van der Waals surface area contributed by atoms with Crippen molar-refractivity contribution in [3.8, 4) is 0 Å². The van der Waals surface area contributed by atoms with E-state index in [1.807, 2.05) is 0 Å². The van der Waals surface area contributed by atoms with E-state index in [0.717, 1.165) is 12.8 Å². The Morgan fingerprint density at radius 3 is 2.41 bits per heavy atom. The summed E-state index contributed by atoms with van der Waals surface area (Å²) in [4.78, 5) is 33.8.